The molecule has 0 fully saturated rings. The minimum Gasteiger partial charge on any atom is -0.444 e. The van der Waals surface area contributed by atoms with E-state index < -0.39 is 5.60 Å². The number of nitrogens with one attached hydrogen (secondary N) is 2. The first-order chi connectivity index (χ1) is 9.28. The fourth-order valence-corrected chi connectivity index (χ4v) is 3.55. The molecule has 0 bridgehead atoms. The third-order valence-corrected chi connectivity index (χ3v) is 5.45. The van der Waals surface area contributed by atoms with Gasteiger partial charge in [0.15, 0.2) is 0 Å². The van der Waals surface area contributed by atoms with Crippen LogP contribution < -0.4 is 10.6 Å². The molecular formula is C13H20Br2N2O2S. The second kappa shape index (κ2) is 8.36. The molecule has 1 rings (SSSR count). The molecule has 1 aromatic rings. The number of rotatable bonds is 6. The van der Waals surface area contributed by atoms with E-state index in [1.54, 1.807) is 11.3 Å². The Hall–Kier alpha value is -0.110. The maximum absolute atomic E-state index is 11.4. The molecule has 0 aliphatic carbocycles. The van der Waals surface area contributed by atoms with Crippen molar-refractivity contribution in [2.75, 3.05) is 13.1 Å². The average Bonchev–Trinajstić information content (AvgIpc) is 2.61. The number of carbonyl (C=O) groups is 1. The predicted octanol–water partition coefficient (Wildman–Crippen LogP) is 4.28. The molecule has 0 saturated carbocycles. The molecule has 20 heavy (non-hydrogen) atoms. The SMILES string of the molecule is CC(C)(C)OC(=O)NCCCNCc1cc(Br)c(Br)s1. The molecule has 2 N–H and O–H groups in total. The van der Waals surface area contributed by atoms with Crippen LogP contribution in [0.1, 0.15) is 32.1 Å². The van der Waals surface area contributed by atoms with Gasteiger partial charge in [-0.15, -0.1) is 11.3 Å². The number of ether oxygens (including phenoxy) is 1. The van der Waals surface area contributed by atoms with Gasteiger partial charge < -0.3 is 15.4 Å². The number of alkyl carbamates (subject to hydrolysis) is 1. The summed E-state index contributed by atoms with van der Waals surface area (Å²) < 4.78 is 7.35. The van der Waals surface area contributed by atoms with Crippen molar-refractivity contribution >= 4 is 49.3 Å². The summed E-state index contributed by atoms with van der Waals surface area (Å²) in [6, 6.07) is 2.10. The summed E-state index contributed by atoms with van der Waals surface area (Å²) in [5.41, 5.74) is -0.442. The second-order valence-corrected chi connectivity index (χ2v) is 8.60. The van der Waals surface area contributed by atoms with Gasteiger partial charge in [-0.1, -0.05) is 0 Å². The smallest absolute Gasteiger partial charge is 0.407 e. The number of thiophene rings is 1. The van der Waals surface area contributed by atoms with Crippen molar-refractivity contribution in [1.29, 1.82) is 0 Å². The third kappa shape index (κ3) is 7.61. The molecule has 0 unspecified atom stereocenters. The number of amides is 1. The standard InChI is InChI=1S/C13H20Br2N2O2S/c1-13(2,3)19-12(18)17-6-4-5-16-8-9-7-10(14)11(15)20-9/h7,16H,4-6,8H2,1-3H3,(H,17,18). The summed E-state index contributed by atoms with van der Waals surface area (Å²) in [4.78, 5) is 12.7. The lowest BCUT2D eigenvalue weighted by Gasteiger charge is -2.19. The minimum absolute atomic E-state index is 0.358. The number of carbonyl (C=O) groups excluding carboxylic acids is 1. The van der Waals surface area contributed by atoms with Crippen LogP contribution in [0.4, 0.5) is 4.79 Å². The predicted molar refractivity (Wildman–Crippen MR) is 90.3 cm³/mol. The van der Waals surface area contributed by atoms with Crippen molar-refractivity contribution in [1.82, 2.24) is 10.6 Å². The molecule has 0 aliphatic rings. The van der Waals surface area contributed by atoms with E-state index in [-0.39, 0.29) is 6.09 Å². The minimum atomic E-state index is -0.442. The third-order valence-electron chi connectivity index (χ3n) is 2.19. The van der Waals surface area contributed by atoms with Gasteiger partial charge in [-0.2, -0.15) is 0 Å². The Bertz CT molecular complexity index is 425. The highest BCUT2D eigenvalue weighted by atomic mass is 79.9. The highest BCUT2D eigenvalue weighted by molar-refractivity contribution is 9.13. The number of hydrogen-bond acceptors (Lipinski definition) is 4. The van der Waals surface area contributed by atoms with Crippen LogP contribution in [0.3, 0.4) is 0 Å². The Kier molecular flexibility index (Phi) is 7.50. The van der Waals surface area contributed by atoms with E-state index in [0.29, 0.717) is 6.54 Å². The van der Waals surface area contributed by atoms with Gasteiger partial charge in [-0.05, 0) is 71.7 Å². The van der Waals surface area contributed by atoms with Crippen LogP contribution in [-0.2, 0) is 11.3 Å². The van der Waals surface area contributed by atoms with Crippen LogP contribution in [0, 0.1) is 0 Å². The van der Waals surface area contributed by atoms with Crippen molar-refractivity contribution in [2.24, 2.45) is 0 Å². The number of halogens is 2. The largest absolute Gasteiger partial charge is 0.444 e. The van der Waals surface area contributed by atoms with Crippen LogP contribution in [0.25, 0.3) is 0 Å². The van der Waals surface area contributed by atoms with Crippen molar-refractivity contribution in [3.63, 3.8) is 0 Å². The van der Waals surface area contributed by atoms with Crippen LogP contribution in [0.5, 0.6) is 0 Å². The molecule has 0 spiro atoms. The zero-order valence-electron chi connectivity index (χ0n) is 11.9. The Balaban J connectivity index is 2.06. The molecule has 7 heteroatoms. The van der Waals surface area contributed by atoms with Gasteiger partial charge in [0, 0.05) is 22.4 Å². The first-order valence-corrected chi connectivity index (χ1v) is 8.79. The fourth-order valence-electron chi connectivity index (χ4n) is 1.41. The highest BCUT2D eigenvalue weighted by Crippen LogP contribution is 2.32. The van der Waals surface area contributed by atoms with Crippen molar-refractivity contribution in [3.8, 4) is 0 Å². The van der Waals surface area contributed by atoms with Gasteiger partial charge in [0.25, 0.3) is 0 Å². The summed E-state index contributed by atoms with van der Waals surface area (Å²) in [5, 5.41) is 6.08. The molecule has 114 valence electrons. The van der Waals surface area contributed by atoms with Crippen LogP contribution in [-0.4, -0.2) is 24.8 Å². The summed E-state index contributed by atoms with van der Waals surface area (Å²) >= 11 is 8.64. The lowest BCUT2D eigenvalue weighted by atomic mass is 10.2. The van der Waals surface area contributed by atoms with Crippen molar-refractivity contribution < 1.29 is 9.53 Å². The van der Waals surface area contributed by atoms with Crippen LogP contribution in [0.2, 0.25) is 0 Å². The second-order valence-electron chi connectivity index (χ2n) is 5.29. The lowest BCUT2D eigenvalue weighted by molar-refractivity contribution is 0.0527. The Labute approximate surface area is 140 Å². The molecular weight excluding hydrogens is 408 g/mol. The van der Waals surface area contributed by atoms with E-state index in [0.717, 1.165) is 27.8 Å². The van der Waals surface area contributed by atoms with Crippen molar-refractivity contribution in [3.05, 3.63) is 19.2 Å². The monoisotopic (exact) mass is 426 g/mol. The van der Waals surface area contributed by atoms with Crippen molar-refractivity contribution in [2.45, 2.75) is 39.3 Å². The molecule has 4 nitrogen and oxygen atoms in total. The van der Waals surface area contributed by atoms with Gasteiger partial charge in [0.1, 0.15) is 5.60 Å². The molecule has 1 heterocycles. The Morgan fingerprint density at radius 2 is 2.05 bits per heavy atom. The first-order valence-electron chi connectivity index (χ1n) is 6.39. The number of hydrogen-bond donors (Lipinski definition) is 2. The molecule has 0 aromatic carbocycles. The van der Waals surface area contributed by atoms with E-state index in [2.05, 4.69) is 48.6 Å². The summed E-state index contributed by atoms with van der Waals surface area (Å²) in [6.45, 7) is 7.85. The zero-order chi connectivity index (χ0) is 15.2. The van der Waals surface area contributed by atoms with E-state index in [9.17, 15) is 4.79 Å². The van der Waals surface area contributed by atoms with Gasteiger partial charge in [0.05, 0.1) is 3.79 Å². The summed E-state index contributed by atoms with van der Waals surface area (Å²) in [6.07, 6.45) is 0.510. The van der Waals surface area contributed by atoms with Gasteiger partial charge in [-0.3, -0.25) is 0 Å². The van der Waals surface area contributed by atoms with E-state index in [1.807, 2.05) is 20.8 Å². The topological polar surface area (TPSA) is 50.4 Å². The van der Waals surface area contributed by atoms with Crippen LogP contribution in [0.15, 0.2) is 14.3 Å². The molecule has 0 atom stereocenters. The molecule has 0 saturated heterocycles. The van der Waals surface area contributed by atoms with Gasteiger partial charge in [-0.25, -0.2) is 4.79 Å². The lowest BCUT2D eigenvalue weighted by Crippen LogP contribution is -2.33. The Morgan fingerprint density at radius 3 is 2.60 bits per heavy atom. The molecule has 0 radical (unpaired) electrons. The average molecular weight is 428 g/mol. The Morgan fingerprint density at radius 1 is 1.35 bits per heavy atom. The molecule has 0 aliphatic heterocycles. The zero-order valence-corrected chi connectivity index (χ0v) is 15.9. The van der Waals surface area contributed by atoms with E-state index in [1.165, 1.54) is 4.88 Å². The summed E-state index contributed by atoms with van der Waals surface area (Å²) in [7, 11) is 0. The van der Waals surface area contributed by atoms with E-state index >= 15 is 0 Å². The van der Waals surface area contributed by atoms with E-state index in [4.69, 9.17) is 4.74 Å². The van der Waals surface area contributed by atoms with Gasteiger partial charge >= 0.3 is 6.09 Å². The molecule has 1 aromatic heterocycles. The summed E-state index contributed by atoms with van der Waals surface area (Å²) in [5.74, 6) is 0. The first kappa shape index (κ1) is 17.9. The van der Waals surface area contributed by atoms with Gasteiger partial charge in [0.2, 0.25) is 0 Å². The quantitative estimate of drug-likeness (QED) is 0.666. The molecule has 1 amide bonds. The maximum Gasteiger partial charge on any atom is 0.407 e. The normalized spacial score (nSPS) is 11.4. The highest BCUT2D eigenvalue weighted by Gasteiger charge is 2.15. The van der Waals surface area contributed by atoms with Crippen LogP contribution >= 0.6 is 43.2 Å². The fraction of sp³-hybridized carbons (Fsp3) is 0.615. The maximum atomic E-state index is 11.4.